The fourth-order valence-corrected chi connectivity index (χ4v) is 4.13. The Hall–Kier alpha value is -0.170. The first-order valence-electron chi connectivity index (χ1n) is 5.95. The molecule has 0 spiro atoms. The van der Waals surface area contributed by atoms with Gasteiger partial charge in [-0.05, 0) is 25.8 Å². The lowest BCUT2D eigenvalue weighted by Gasteiger charge is -2.21. The van der Waals surface area contributed by atoms with E-state index in [1.807, 2.05) is 7.05 Å². The van der Waals surface area contributed by atoms with Crippen molar-refractivity contribution >= 4 is 10.2 Å². The van der Waals surface area contributed by atoms with E-state index in [1.165, 1.54) is 0 Å². The minimum absolute atomic E-state index is 0.0654. The minimum Gasteiger partial charge on any atom is -0.304 e. The zero-order valence-electron chi connectivity index (χ0n) is 10.0. The minimum atomic E-state index is -3.24. The SMILES string of the molecule is C[C@H]1CN(C)C[C@@H]1NS(=O)(=O)N1CCCC1. The summed E-state index contributed by atoms with van der Waals surface area (Å²) in [6.45, 7) is 5.22. The van der Waals surface area contributed by atoms with Gasteiger partial charge in [-0.25, -0.2) is 0 Å². The van der Waals surface area contributed by atoms with Gasteiger partial charge in [0.05, 0.1) is 0 Å². The lowest BCUT2D eigenvalue weighted by atomic mass is 10.1. The van der Waals surface area contributed by atoms with Gasteiger partial charge in [-0.1, -0.05) is 6.92 Å². The summed E-state index contributed by atoms with van der Waals surface area (Å²) in [5, 5.41) is 0. The Balaban J connectivity index is 1.98. The second-order valence-electron chi connectivity index (χ2n) is 5.03. The van der Waals surface area contributed by atoms with Crippen molar-refractivity contribution in [1.82, 2.24) is 13.9 Å². The molecule has 5 nitrogen and oxygen atoms in total. The molecule has 0 bridgehead atoms. The predicted molar refractivity (Wildman–Crippen MR) is 63.3 cm³/mol. The molecule has 0 aliphatic carbocycles. The number of hydrogen-bond acceptors (Lipinski definition) is 3. The Bertz CT molecular complexity index is 338. The zero-order valence-corrected chi connectivity index (χ0v) is 10.8. The molecule has 0 aromatic rings. The normalized spacial score (nSPS) is 33.6. The molecule has 94 valence electrons. The summed E-state index contributed by atoms with van der Waals surface area (Å²) in [6, 6.07) is 0.0654. The van der Waals surface area contributed by atoms with Crippen LogP contribution in [0.25, 0.3) is 0 Å². The summed E-state index contributed by atoms with van der Waals surface area (Å²) in [4.78, 5) is 2.17. The van der Waals surface area contributed by atoms with Crippen molar-refractivity contribution in [2.24, 2.45) is 5.92 Å². The van der Waals surface area contributed by atoms with Crippen molar-refractivity contribution in [2.45, 2.75) is 25.8 Å². The van der Waals surface area contributed by atoms with E-state index in [9.17, 15) is 8.42 Å². The van der Waals surface area contributed by atoms with Crippen LogP contribution in [0.1, 0.15) is 19.8 Å². The molecule has 0 amide bonds. The van der Waals surface area contributed by atoms with Crippen LogP contribution in [0.15, 0.2) is 0 Å². The van der Waals surface area contributed by atoms with E-state index in [4.69, 9.17) is 0 Å². The van der Waals surface area contributed by atoms with E-state index in [0.717, 1.165) is 25.9 Å². The van der Waals surface area contributed by atoms with Crippen LogP contribution in [0, 0.1) is 5.92 Å². The van der Waals surface area contributed by atoms with E-state index < -0.39 is 10.2 Å². The van der Waals surface area contributed by atoms with Crippen LogP contribution in [0.5, 0.6) is 0 Å². The van der Waals surface area contributed by atoms with E-state index in [2.05, 4.69) is 16.5 Å². The molecule has 0 radical (unpaired) electrons. The van der Waals surface area contributed by atoms with Crippen molar-refractivity contribution in [1.29, 1.82) is 0 Å². The van der Waals surface area contributed by atoms with E-state index in [-0.39, 0.29) is 6.04 Å². The van der Waals surface area contributed by atoms with Crippen LogP contribution in [0.3, 0.4) is 0 Å². The molecule has 1 N–H and O–H groups in total. The fourth-order valence-electron chi connectivity index (χ4n) is 2.56. The number of hydrogen-bond donors (Lipinski definition) is 1. The Morgan fingerprint density at radius 3 is 2.31 bits per heavy atom. The van der Waals surface area contributed by atoms with Gasteiger partial charge < -0.3 is 4.90 Å². The van der Waals surface area contributed by atoms with Gasteiger partial charge in [0, 0.05) is 32.2 Å². The topological polar surface area (TPSA) is 52.7 Å². The molecule has 6 heteroatoms. The molecule has 2 fully saturated rings. The van der Waals surface area contributed by atoms with E-state index >= 15 is 0 Å². The van der Waals surface area contributed by atoms with Crippen LogP contribution < -0.4 is 4.72 Å². The summed E-state index contributed by atoms with van der Waals surface area (Å²) in [6.07, 6.45) is 1.97. The third-order valence-electron chi connectivity index (χ3n) is 3.50. The Morgan fingerprint density at radius 2 is 1.81 bits per heavy atom. The van der Waals surface area contributed by atoms with Crippen LogP contribution in [0.2, 0.25) is 0 Å². The number of likely N-dealkylation sites (tertiary alicyclic amines) is 1. The van der Waals surface area contributed by atoms with Gasteiger partial charge in [0.15, 0.2) is 0 Å². The first-order valence-corrected chi connectivity index (χ1v) is 7.39. The van der Waals surface area contributed by atoms with Crippen molar-refractivity contribution in [3.8, 4) is 0 Å². The Labute approximate surface area is 98.0 Å². The molecule has 2 aliphatic rings. The van der Waals surface area contributed by atoms with Gasteiger partial charge in [-0.15, -0.1) is 0 Å². The smallest absolute Gasteiger partial charge is 0.279 e. The van der Waals surface area contributed by atoms with Crippen LogP contribution in [-0.4, -0.2) is 56.9 Å². The largest absolute Gasteiger partial charge is 0.304 e. The quantitative estimate of drug-likeness (QED) is 0.755. The average molecular weight is 247 g/mol. The van der Waals surface area contributed by atoms with Crippen molar-refractivity contribution in [3.05, 3.63) is 0 Å². The van der Waals surface area contributed by atoms with E-state index in [1.54, 1.807) is 4.31 Å². The van der Waals surface area contributed by atoms with Gasteiger partial charge >= 0.3 is 0 Å². The molecule has 0 saturated carbocycles. The maximum Gasteiger partial charge on any atom is 0.279 e. The molecule has 0 unspecified atom stereocenters. The fraction of sp³-hybridized carbons (Fsp3) is 1.00. The van der Waals surface area contributed by atoms with Crippen molar-refractivity contribution in [2.75, 3.05) is 33.2 Å². The molecule has 2 heterocycles. The molecule has 2 rings (SSSR count). The number of rotatable bonds is 3. The number of nitrogens with one attached hydrogen (secondary N) is 1. The second-order valence-corrected chi connectivity index (χ2v) is 6.74. The first kappa shape index (κ1) is 12.3. The highest BCUT2D eigenvalue weighted by atomic mass is 32.2. The van der Waals surface area contributed by atoms with Gasteiger partial charge in [0.1, 0.15) is 0 Å². The van der Waals surface area contributed by atoms with E-state index in [0.29, 0.717) is 19.0 Å². The maximum absolute atomic E-state index is 12.0. The zero-order chi connectivity index (χ0) is 11.8. The number of nitrogens with zero attached hydrogens (tertiary/aromatic N) is 2. The van der Waals surface area contributed by atoms with Gasteiger partial charge in [-0.2, -0.15) is 17.4 Å². The third kappa shape index (κ3) is 2.56. The molecule has 0 aromatic heterocycles. The average Bonchev–Trinajstić information content (AvgIpc) is 2.76. The summed E-state index contributed by atoms with van der Waals surface area (Å²) in [7, 11) is -1.21. The lowest BCUT2D eigenvalue weighted by molar-refractivity contribution is 0.398. The number of likely N-dealkylation sites (N-methyl/N-ethyl adjacent to an activating group) is 1. The highest BCUT2D eigenvalue weighted by Gasteiger charge is 2.33. The maximum atomic E-state index is 12.0. The van der Waals surface area contributed by atoms with Crippen molar-refractivity contribution < 1.29 is 8.42 Å². The summed E-state index contributed by atoms with van der Waals surface area (Å²) in [5.41, 5.74) is 0. The molecule has 2 aliphatic heterocycles. The van der Waals surface area contributed by atoms with Crippen LogP contribution >= 0.6 is 0 Å². The van der Waals surface area contributed by atoms with Crippen LogP contribution in [0.4, 0.5) is 0 Å². The Kier molecular flexibility index (Phi) is 3.53. The summed E-state index contributed by atoms with van der Waals surface area (Å²) < 4.78 is 28.5. The van der Waals surface area contributed by atoms with Gasteiger partial charge in [-0.3, -0.25) is 0 Å². The Morgan fingerprint density at radius 1 is 1.19 bits per heavy atom. The van der Waals surface area contributed by atoms with Gasteiger partial charge in [0.2, 0.25) is 0 Å². The molecule has 16 heavy (non-hydrogen) atoms. The standard InChI is InChI=1S/C10H21N3O2S/c1-9-7-12(2)8-10(9)11-16(14,15)13-5-3-4-6-13/h9-11H,3-8H2,1-2H3/t9-,10-/m0/s1. The molecule has 2 saturated heterocycles. The highest BCUT2D eigenvalue weighted by molar-refractivity contribution is 7.87. The molecule has 2 atom stereocenters. The molecular formula is C10H21N3O2S. The van der Waals surface area contributed by atoms with Gasteiger partial charge in [0.25, 0.3) is 10.2 Å². The first-order chi connectivity index (χ1) is 7.49. The highest BCUT2D eigenvalue weighted by Crippen LogP contribution is 2.18. The molecule has 0 aromatic carbocycles. The van der Waals surface area contributed by atoms with Crippen molar-refractivity contribution in [3.63, 3.8) is 0 Å². The second kappa shape index (κ2) is 4.60. The van der Waals surface area contributed by atoms with Crippen LogP contribution in [-0.2, 0) is 10.2 Å². The predicted octanol–water partition coefficient (Wildman–Crippen LogP) is -0.133. The monoisotopic (exact) mass is 247 g/mol. The lowest BCUT2D eigenvalue weighted by Crippen LogP contribution is -2.46. The summed E-state index contributed by atoms with van der Waals surface area (Å²) >= 11 is 0. The third-order valence-corrected chi connectivity index (χ3v) is 5.15. The molecular weight excluding hydrogens is 226 g/mol. The summed E-state index contributed by atoms with van der Waals surface area (Å²) in [5.74, 6) is 0.391.